The van der Waals surface area contributed by atoms with Gasteiger partial charge in [0.05, 0.1) is 45.2 Å². The van der Waals surface area contributed by atoms with Crippen LogP contribution in [0.3, 0.4) is 0 Å². The van der Waals surface area contributed by atoms with Crippen molar-refractivity contribution in [1.82, 2.24) is 0 Å². The molecule has 6 heteroatoms. The Kier molecular flexibility index (Phi) is 11.3. The van der Waals surface area contributed by atoms with E-state index in [4.69, 9.17) is 18.9 Å². The van der Waals surface area contributed by atoms with Crippen LogP contribution in [0.25, 0.3) is 0 Å². The summed E-state index contributed by atoms with van der Waals surface area (Å²) in [6, 6.07) is 39.7. The van der Waals surface area contributed by atoms with E-state index in [-0.39, 0.29) is 19.1 Å². The third-order valence-corrected chi connectivity index (χ3v) is 7.88. The van der Waals surface area contributed by atoms with Gasteiger partial charge in [0.2, 0.25) is 0 Å². The number of aliphatic hydroxyl groups is 2. The molecule has 42 heavy (non-hydrogen) atoms. The molecule has 0 amide bonds. The van der Waals surface area contributed by atoms with Gasteiger partial charge in [-0.05, 0) is 22.3 Å². The summed E-state index contributed by atoms with van der Waals surface area (Å²) in [5, 5.41) is 22.3. The van der Waals surface area contributed by atoms with Crippen LogP contribution in [0.15, 0.2) is 121 Å². The Morgan fingerprint density at radius 2 is 0.833 bits per heavy atom. The molecule has 1 unspecified atom stereocenters. The molecule has 6 nitrogen and oxygen atoms in total. The average molecular weight is 569 g/mol. The van der Waals surface area contributed by atoms with Gasteiger partial charge in [0, 0.05) is 18.4 Å². The van der Waals surface area contributed by atoms with Crippen LogP contribution in [0, 0.1) is 11.8 Å². The zero-order valence-electron chi connectivity index (χ0n) is 23.8. The lowest BCUT2D eigenvalue weighted by molar-refractivity contribution is -0.247. The molecule has 4 aromatic rings. The molecule has 220 valence electrons. The molecule has 1 aliphatic rings. The maximum Gasteiger partial charge on any atom is 0.113 e. The lowest BCUT2D eigenvalue weighted by Gasteiger charge is -2.48. The van der Waals surface area contributed by atoms with Crippen molar-refractivity contribution in [3.05, 3.63) is 144 Å². The van der Waals surface area contributed by atoms with Gasteiger partial charge in [-0.15, -0.1) is 0 Å². The molecule has 1 fully saturated rings. The first kappa shape index (κ1) is 30.1. The first-order chi connectivity index (χ1) is 20.7. The van der Waals surface area contributed by atoms with Crippen LogP contribution in [-0.4, -0.2) is 47.8 Å². The lowest BCUT2D eigenvalue weighted by Crippen LogP contribution is -2.62. The zero-order chi connectivity index (χ0) is 29.0. The molecular formula is C36H40O6. The summed E-state index contributed by atoms with van der Waals surface area (Å²) >= 11 is 0. The first-order valence-corrected chi connectivity index (χ1v) is 14.6. The van der Waals surface area contributed by atoms with Gasteiger partial charge >= 0.3 is 0 Å². The van der Waals surface area contributed by atoms with E-state index in [9.17, 15) is 10.2 Å². The molecule has 0 spiro atoms. The van der Waals surface area contributed by atoms with Gasteiger partial charge in [-0.1, -0.05) is 121 Å². The highest BCUT2D eigenvalue weighted by Gasteiger charge is 2.52. The Labute approximate surface area is 248 Å². The quantitative estimate of drug-likeness (QED) is 0.208. The molecule has 0 aliphatic heterocycles. The van der Waals surface area contributed by atoms with Crippen LogP contribution in [0.5, 0.6) is 0 Å². The molecule has 1 saturated carbocycles. The summed E-state index contributed by atoms with van der Waals surface area (Å²) in [6.45, 7) is 1.45. The maximum atomic E-state index is 11.7. The zero-order valence-corrected chi connectivity index (χ0v) is 23.8. The second-order valence-corrected chi connectivity index (χ2v) is 10.8. The SMILES string of the molecule is OCC1[C@@H](O)[C@H](OCc2ccccc2)[C@@H](OCc2ccccc2)[C@H](OCc2ccccc2)[C@H]1COCc1ccccc1. The molecular weight excluding hydrogens is 528 g/mol. The van der Waals surface area contributed by atoms with Crippen molar-refractivity contribution in [3.8, 4) is 0 Å². The molecule has 4 aromatic carbocycles. The summed E-state index contributed by atoms with van der Waals surface area (Å²) in [6.07, 6.45) is -2.83. The normalized spacial score (nSPS) is 24.0. The van der Waals surface area contributed by atoms with Gasteiger partial charge in [-0.3, -0.25) is 0 Å². The predicted octanol–water partition coefficient (Wildman–Crippen LogP) is 5.56. The summed E-state index contributed by atoms with van der Waals surface area (Å²) in [5.41, 5.74) is 4.08. The van der Waals surface area contributed by atoms with Gasteiger partial charge in [0.25, 0.3) is 0 Å². The molecule has 1 aliphatic carbocycles. The summed E-state index contributed by atoms with van der Waals surface area (Å²) in [4.78, 5) is 0. The summed E-state index contributed by atoms with van der Waals surface area (Å²) < 4.78 is 25.8. The van der Waals surface area contributed by atoms with Crippen molar-refractivity contribution < 1.29 is 29.2 Å². The minimum absolute atomic E-state index is 0.234. The van der Waals surface area contributed by atoms with E-state index in [1.165, 1.54) is 0 Å². The molecule has 5 rings (SSSR count). The van der Waals surface area contributed by atoms with Crippen LogP contribution in [0.2, 0.25) is 0 Å². The minimum atomic E-state index is -0.985. The standard InChI is InChI=1S/C36H40O6/c37-21-31-32(26-39-22-27-13-5-1-6-14-27)34(40-23-28-15-7-2-8-16-28)36(42-25-30-19-11-4-12-20-30)35(33(31)38)41-24-29-17-9-3-10-18-29/h1-20,31-38H,21-26H2/t31?,32-,33+,34+,35-,36-/m0/s1. The predicted molar refractivity (Wildman–Crippen MR) is 161 cm³/mol. The van der Waals surface area contributed by atoms with Gasteiger partial charge in [-0.25, -0.2) is 0 Å². The van der Waals surface area contributed by atoms with Crippen molar-refractivity contribution in [2.45, 2.75) is 50.8 Å². The number of hydrogen-bond donors (Lipinski definition) is 2. The van der Waals surface area contributed by atoms with Crippen LogP contribution in [0.1, 0.15) is 22.3 Å². The average Bonchev–Trinajstić information content (AvgIpc) is 3.05. The van der Waals surface area contributed by atoms with Gasteiger partial charge in [0.1, 0.15) is 12.2 Å². The Balaban J connectivity index is 1.42. The van der Waals surface area contributed by atoms with E-state index in [1.54, 1.807) is 0 Å². The van der Waals surface area contributed by atoms with Crippen molar-refractivity contribution >= 4 is 0 Å². The topological polar surface area (TPSA) is 77.4 Å². The Morgan fingerprint density at radius 1 is 0.452 bits per heavy atom. The fourth-order valence-electron chi connectivity index (χ4n) is 5.62. The highest BCUT2D eigenvalue weighted by atomic mass is 16.6. The Bertz CT molecular complexity index is 1290. The highest BCUT2D eigenvalue weighted by molar-refractivity contribution is 5.17. The van der Waals surface area contributed by atoms with Gasteiger partial charge < -0.3 is 29.2 Å². The van der Waals surface area contributed by atoms with Crippen molar-refractivity contribution in [1.29, 1.82) is 0 Å². The number of ether oxygens (including phenoxy) is 4. The molecule has 0 aromatic heterocycles. The van der Waals surface area contributed by atoms with Crippen LogP contribution in [0.4, 0.5) is 0 Å². The second-order valence-electron chi connectivity index (χ2n) is 10.8. The Morgan fingerprint density at radius 3 is 1.26 bits per heavy atom. The smallest absolute Gasteiger partial charge is 0.113 e. The molecule has 0 heterocycles. The van der Waals surface area contributed by atoms with E-state index in [1.807, 2.05) is 121 Å². The molecule has 0 saturated heterocycles. The van der Waals surface area contributed by atoms with E-state index in [0.29, 0.717) is 26.4 Å². The van der Waals surface area contributed by atoms with Crippen molar-refractivity contribution in [2.75, 3.05) is 13.2 Å². The fourth-order valence-corrected chi connectivity index (χ4v) is 5.62. The fraction of sp³-hybridized carbons (Fsp3) is 0.333. The van der Waals surface area contributed by atoms with Crippen molar-refractivity contribution in [3.63, 3.8) is 0 Å². The van der Waals surface area contributed by atoms with Gasteiger partial charge in [0.15, 0.2) is 0 Å². The molecule has 0 radical (unpaired) electrons. The monoisotopic (exact) mass is 568 g/mol. The van der Waals surface area contributed by atoms with Crippen LogP contribution < -0.4 is 0 Å². The number of rotatable bonds is 14. The van der Waals surface area contributed by atoms with Gasteiger partial charge in [-0.2, -0.15) is 0 Å². The highest BCUT2D eigenvalue weighted by Crippen LogP contribution is 2.38. The van der Waals surface area contributed by atoms with E-state index in [2.05, 4.69) is 0 Å². The van der Waals surface area contributed by atoms with E-state index < -0.39 is 30.3 Å². The van der Waals surface area contributed by atoms with E-state index in [0.717, 1.165) is 22.3 Å². The first-order valence-electron chi connectivity index (χ1n) is 14.6. The number of aliphatic hydroxyl groups excluding tert-OH is 2. The maximum absolute atomic E-state index is 11.7. The molecule has 0 bridgehead atoms. The third-order valence-electron chi connectivity index (χ3n) is 7.88. The number of hydrogen-bond acceptors (Lipinski definition) is 6. The molecule has 6 atom stereocenters. The largest absolute Gasteiger partial charge is 0.396 e. The van der Waals surface area contributed by atoms with Crippen LogP contribution in [-0.2, 0) is 45.4 Å². The molecule has 2 N–H and O–H groups in total. The number of benzene rings is 4. The van der Waals surface area contributed by atoms with Crippen LogP contribution >= 0.6 is 0 Å². The van der Waals surface area contributed by atoms with E-state index >= 15 is 0 Å². The Hall–Kier alpha value is -3.36. The van der Waals surface area contributed by atoms with Crippen molar-refractivity contribution in [2.24, 2.45) is 11.8 Å². The third kappa shape index (κ3) is 8.13. The minimum Gasteiger partial charge on any atom is -0.396 e. The summed E-state index contributed by atoms with van der Waals surface area (Å²) in [7, 11) is 0. The summed E-state index contributed by atoms with van der Waals surface area (Å²) in [5.74, 6) is -0.867. The lowest BCUT2D eigenvalue weighted by atomic mass is 9.72. The second kappa shape index (κ2) is 15.8.